The Morgan fingerprint density at radius 3 is 2.43 bits per heavy atom. The topological polar surface area (TPSA) is 123 Å². The molecule has 2 rings (SSSR count). The number of ether oxygens (including phenoxy) is 2. The van der Waals surface area contributed by atoms with Crippen molar-refractivity contribution in [3.63, 3.8) is 0 Å². The molecule has 0 unspecified atom stereocenters. The molecule has 1 aromatic carbocycles. The first-order valence-corrected chi connectivity index (χ1v) is 10.2. The van der Waals surface area contributed by atoms with Crippen LogP contribution in [0.5, 0.6) is 5.75 Å². The summed E-state index contributed by atoms with van der Waals surface area (Å²) in [5, 5.41) is 7.33. The van der Waals surface area contributed by atoms with Crippen LogP contribution in [0.3, 0.4) is 0 Å². The average molecular weight is 419 g/mol. The van der Waals surface area contributed by atoms with E-state index in [9.17, 15) is 19.2 Å². The van der Waals surface area contributed by atoms with Crippen LogP contribution in [0.4, 0.5) is 4.79 Å². The van der Waals surface area contributed by atoms with Crippen LogP contribution in [-0.4, -0.2) is 49.6 Å². The van der Waals surface area contributed by atoms with Crippen LogP contribution >= 0.6 is 0 Å². The summed E-state index contributed by atoms with van der Waals surface area (Å²) in [6.45, 7) is 3.44. The number of esters is 1. The number of rotatable bonds is 8. The maximum Gasteiger partial charge on any atom is 0.325 e. The Balaban J connectivity index is 1.65. The van der Waals surface area contributed by atoms with Crippen molar-refractivity contribution in [2.24, 2.45) is 5.92 Å². The highest BCUT2D eigenvalue weighted by molar-refractivity contribution is 5.97. The van der Waals surface area contributed by atoms with E-state index in [0.29, 0.717) is 23.8 Å². The van der Waals surface area contributed by atoms with Crippen molar-refractivity contribution in [3.05, 3.63) is 29.8 Å². The number of benzene rings is 1. The van der Waals surface area contributed by atoms with Crippen LogP contribution in [-0.2, 0) is 14.3 Å². The third-order valence-corrected chi connectivity index (χ3v) is 4.87. The van der Waals surface area contributed by atoms with Gasteiger partial charge < -0.3 is 20.1 Å². The normalized spacial score (nSPS) is 18.1. The fraction of sp³-hybridized carbons (Fsp3) is 0.524. The zero-order valence-electron chi connectivity index (χ0n) is 17.4. The van der Waals surface area contributed by atoms with Gasteiger partial charge in [-0.3, -0.25) is 19.7 Å². The van der Waals surface area contributed by atoms with Gasteiger partial charge in [0, 0.05) is 11.6 Å². The Hall–Kier alpha value is -3.10. The van der Waals surface area contributed by atoms with E-state index in [1.165, 1.54) is 0 Å². The van der Waals surface area contributed by atoms with E-state index in [1.807, 2.05) is 6.92 Å². The molecule has 1 saturated carbocycles. The van der Waals surface area contributed by atoms with E-state index in [-0.39, 0.29) is 6.04 Å². The summed E-state index contributed by atoms with van der Waals surface area (Å²) in [6, 6.07) is 5.89. The van der Waals surface area contributed by atoms with Crippen molar-refractivity contribution in [1.82, 2.24) is 16.0 Å². The van der Waals surface area contributed by atoms with Gasteiger partial charge in [0.2, 0.25) is 0 Å². The predicted molar refractivity (Wildman–Crippen MR) is 109 cm³/mol. The predicted octanol–water partition coefficient (Wildman–Crippen LogP) is 1.76. The van der Waals surface area contributed by atoms with Gasteiger partial charge >= 0.3 is 12.0 Å². The highest BCUT2D eigenvalue weighted by Gasteiger charge is 2.23. The molecule has 0 spiro atoms. The molecule has 4 amide bonds. The van der Waals surface area contributed by atoms with Gasteiger partial charge in [-0.25, -0.2) is 4.79 Å². The quantitative estimate of drug-likeness (QED) is 0.552. The van der Waals surface area contributed by atoms with Gasteiger partial charge in [0.1, 0.15) is 12.3 Å². The SMILES string of the molecule is CCOc1ccc(C(=O)NCC(=O)OCC(=O)NC(=O)N[C@H]2CCCC[C@@H]2C)cc1. The van der Waals surface area contributed by atoms with E-state index in [1.54, 1.807) is 24.3 Å². The Morgan fingerprint density at radius 1 is 1.07 bits per heavy atom. The number of nitrogens with one attached hydrogen (secondary N) is 3. The largest absolute Gasteiger partial charge is 0.494 e. The van der Waals surface area contributed by atoms with Crippen molar-refractivity contribution in [2.75, 3.05) is 19.8 Å². The minimum atomic E-state index is -0.786. The van der Waals surface area contributed by atoms with Crippen molar-refractivity contribution in [2.45, 2.75) is 45.6 Å². The van der Waals surface area contributed by atoms with E-state index < -0.39 is 37.0 Å². The molecule has 2 atom stereocenters. The summed E-state index contributed by atoms with van der Waals surface area (Å²) >= 11 is 0. The van der Waals surface area contributed by atoms with Crippen LogP contribution < -0.4 is 20.7 Å². The van der Waals surface area contributed by atoms with Crippen LogP contribution in [0.1, 0.15) is 49.9 Å². The summed E-state index contributed by atoms with van der Waals surface area (Å²) in [6.07, 6.45) is 4.11. The Morgan fingerprint density at radius 2 is 1.77 bits per heavy atom. The molecule has 0 aromatic heterocycles. The third-order valence-electron chi connectivity index (χ3n) is 4.87. The third kappa shape index (κ3) is 7.73. The van der Waals surface area contributed by atoms with Crippen molar-refractivity contribution in [1.29, 1.82) is 0 Å². The summed E-state index contributed by atoms with van der Waals surface area (Å²) in [7, 11) is 0. The molecule has 0 aliphatic heterocycles. The lowest BCUT2D eigenvalue weighted by Crippen LogP contribution is -2.48. The van der Waals surface area contributed by atoms with E-state index in [0.717, 1.165) is 25.7 Å². The minimum Gasteiger partial charge on any atom is -0.494 e. The van der Waals surface area contributed by atoms with Gasteiger partial charge in [0.05, 0.1) is 6.61 Å². The molecular formula is C21H29N3O6. The molecule has 9 nitrogen and oxygen atoms in total. The second-order valence-corrected chi connectivity index (χ2v) is 7.19. The average Bonchev–Trinajstić information content (AvgIpc) is 2.73. The van der Waals surface area contributed by atoms with Crippen molar-refractivity contribution in [3.8, 4) is 5.75 Å². The molecular weight excluding hydrogens is 390 g/mol. The second-order valence-electron chi connectivity index (χ2n) is 7.19. The number of amides is 4. The molecule has 9 heteroatoms. The first kappa shape index (κ1) is 23.2. The fourth-order valence-corrected chi connectivity index (χ4v) is 3.22. The van der Waals surface area contributed by atoms with Crippen LogP contribution in [0.2, 0.25) is 0 Å². The van der Waals surface area contributed by atoms with Crippen LogP contribution in [0.15, 0.2) is 24.3 Å². The summed E-state index contributed by atoms with van der Waals surface area (Å²) in [5.74, 6) is -0.980. The molecule has 3 N–H and O–H groups in total. The number of carbonyl (C=O) groups is 4. The molecule has 30 heavy (non-hydrogen) atoms. The Bertz CT molecular complexity index is 750. The molecule has 0 bridgehead atoms. The van der Waals surface area contributed by atoms with E-state index >= 15 is 0 Å². The zero-order valence-corrected chi connectivity index (χ0v) is 17.4. The number of hydrogen-bond acceptors (Lipinski definition) is 6. The number of hydrogen-bond donors (Lipinski definition) is 3. The molecule has 0 heterocycles. The van der Waals surface area contributed by atoms with Gasteiger partial charge in [-0.1, -0.05) is 19.8 Å². The van der Waals surface area contributed by atoms with E-state index in [2.05, 4.69) is 22.9 Å². The monoisotopic (exact) mass is 419 g/mol. The van der Waals surface area contributed by atoms with Gasteiger partial charge in [0.25, 0.3) is 11.8 Å². The molecule has 0 saturated heterocycles. The Labute approximate surface area is 175 Å². The molecule has 0 radical (unpaired) electrons. The lowest BCUT2D eigenvalue weighted by atomic mass is 9.86. The summed E-state index contributed by atoms with van der Waals surface area (Å²) < 4.78 is 10.1. The number of carbonyl (C=O) groups excluding carboxylic acids is 4. The van der Waals surface area contributed by atoms with Crippen LogP contribution in [0.25, 0.3) is 0 Å². The first-order valence-electron chi connectivity index (χ1n) is 10.2. The first-order chi connectivity index (χ1) is 14.4. The van der Waals surface area contributed by atoms with Gasteiger partial charge in [-0.05, 0) is 49.9 Å². The highest BCUT2D eigenvalue weighted by Crippen LogP contribution is 2.23. The molecule has 1 aliphatic rings. The van der Waals surface area contributed by atoms with Gasteiger partial charge in [0.15, 0.2) is 6.61 Å². The fourth-order valence-electron chi connectivity index (χ4n) is 3.22. The van der Waals surface area contributed by atoms with Gasteiger partial charge in [-0.2, -0.15) is 0 Å². The maximum atomic E-state index is 12.0. The smallest absolute Gasteiger partial charge is 0.325 e. The summed E-state index contributed by atoms with van der Waals surface area (Å²) in [5.41, 5.74) is 0.359. The zero-order chi connectivity index (χ0) is 21.9. The van der Waals surface area contributed by atoms with Crippen molar-refractivity contribution >= 4 is 23.8 Å². The highest BCUT2D eigenvalue weighted by atomic mass is 16.5. The molecule has 1 aromatic rings. The Kier molecular flexibility index (Phi) is 9.11. The standard InChI is InChI=1S/C21H29N3O6/c1-3-29-16-10-8-15(9-11-16)20(27)22-12-19(26)30-13-18(25)24-21(28)23-17-7-5-4-6-14(17)2/h8-11,14,17H,3-7,12-13H2,1-2H3,(H,22,27)(H2,23,24,25,28)/t14-,17-/m0/s1. The number of urea groups is 1. The van der Waals surface area contributed by atoms with E-state index in [4.69, 9.17) is 9.47 Å². The maximum absolute atomic E-state index is 12.0. The molecule has 164 valence electrons. The lowest BCUT2D eigenvalue weighted by Gasteiger charge is -2.29. The second kappa shape index (κ2) is 11.8. The number of imide groups is 1. The van der Waals surface area contributed by atoms with Crippen LogP contribution in [0, 0.1) is 5.92 Å². The minimum absolute atomic E-state index is 0.0342. The molecule has 1 aliphatic carbocycles. The summed E-state index contributed by atoms with van der Waals surface area (Å²) in [4.78, 5) is 47.4. The molecule has 1 fully saturated rings. The lowest BCUT2D eigenvalue weighted by molar-refractivity contribution is -0.147. The van der Waals surface area contributed by atoms with Crippen molar-refractivity contribution < 1.29 is 28.7 Å². The van der Waals surface area contributed by atoms with Gasteiger partial charge in [-0.15, -0.1) is 0 Å².